The Morgan fingerprint density at radius 1 is 1.39 bits per heavy atom. The van der Waals surface area contributed by atoms with Crippen LogP contribution in [0.3, 0.4) is 0 Å². The summed E-state index contributed by atoms with van der Waals surface area (Å²) in [7, 11) is 1.79. The zero-order chi connectivity index (χ0) is 19.9. The molecule has 0 aliphatic carbocycles. The summed E-state index contributed by atoms with van der Waals surface area (Å²) in [5, 5.41) is 3.36. The summed E-state index contributed by atoms with van der Waals surface area (Å²) >= 11 is 0. The predicted octanol–water partition coefficient (Wildman–Crippen LogP) is 3.14. The minimum absolute atomic E-state index is 0. The molecule has 0 saturated carbocycles. The molecule has 1 heterocycles. The molecule has 158 valence electrons. The average Bonchev–Trinajstić information content (AvgIpc) is 2.61. The minimum atomic E-state index is -0.226. The molecule has 0 aromatic heterocycles. The van der Waals surface area contributed by atoms with Crippen LogP contribution in [0.1, 0.15) is 45.6 Å². The highest BCUT2D eigenvalue weighted by Gasteiger charge is 2.23. The number of carbonyl (C=O) groups excluding carboxylic acids is 1. The van der Waals surface area contributed by atoms with Crippen LogP contribution in [0.5, 0.6) is 5.75 Å². The lowest BCUT2D eigenvalue weighted by Gasteiger charge is -2.34. The first kappa shape index (κ1) is 24.5. The molecule has 1 amide bonds. The van der Waals surface area contributed by atoms with Crippen LogP contribution in [0.4, 0.5) is 0 Å². The fourth-order valence-electron chi connectivity index (χ4n) is 3.42. The van der Waals surface area contributed by atoms with Crippen LogP contribution in [0.15, 0.2) is 29.3 Å². The number of likely N-dealkylation sites (tertiary alicyclic amines) is 1. The van der Waals surface area contributed by atoms with Gasteiger partial charge in [-0.1, -0.05) is 32.9 Å². The lowest BCUT2D eigenvalue weighted by Crippen LogP contribution is -2.48. The van der Waals surface area contributed by atoms with Gasteiger partial charge < -0.3 is 20.7 Å². The predicted molar refractivity (Wildman–Crippen MR) is 126 cm³/mol. The Morgan fingerprint density at radius 2 is 2.14 bits per heavy atom. The Labute approximate surface area is 186 Å². The molecule has 0 bridgehead atoms. The Kier molecular flexibility index (Phi) is 10.1. The molecule has 1 fully saturated rings. The van der Waals surface area contributed by atoms with Crippen LogP contribution in [0.25, 0.3) is 0 Å². The van der Waals surface area contributed by atoms with Crippen molar-refractivity contribution < 1.29 is 9.53 Å². The summed E-state index contributed by atoms with van der Waals surface area (Å²) in [5.41, 5.74) is 6.72. The van der Waals surface area contributed by atoms with Crippen molar-refractivity contribution in [2.75, 3.05) is 33.3 Å². The quantitative estimate of drug-likeness (QED) is 0.271. The van der Waals surface area contributed by atoms with Crippen LogP contribution in [0.2, 0.25) is 0 Å². The fourth-order valence-corrected chi connectivity index (χ4v) is 3.42. The van der Waals surface area contributed by atoms with E-state index in [0.717, 1.165) is 37.6 Å². The van der Waals surface area contributed by atoms with E-state index in [2.05, 4.69) is 48.1 Å². The number of piperidine rings is 1. The summed E-state index contributed by atoms with van der Waals surface area (Å²) in [6.45, 7) is 9.58. The lowest BCUT2D eigenvalue weighted by atomic mass is 9.87. The van der Waals surface area contributed by atoms with Gasteiger partial charge in [-0.05, 0) is 41.9 Å². The Hall–Kier alpha value is -1.51. The van der Waals surface area contributed by atoms with Gasteiger partial charge in [0.15, 0.2) is 5.96 Å². The van der Waals surface area contributed by atoms with E-state index in [0.29, 0.717) is 25.5 Å². The van der Waals surface area contributed by atoms with Gasteiger partial charge in [-0.15, -0.1) is 24.0 Å². The van der Waals surface area contributed by atoms with Crippen molar-refractivity contribution in [1.29, 1.82) is 0 Å². The number of aliphatic imine (C=N–C) groups is 1. The summed E-state index contributed by atoms with van der Waals surface area (Å²) < 4.78 is 5.90. The molecule has 1 saturated heterocycles. The van der Waals surface area contributed by atoms with E-state index in [1.807, 2.05) is 12.1 Å². The van der Waals surface area contributed by atoms with Crippen molar-refractivity contribution in [3.8, 4) is 5.75 Å². The molecule has 1 aromatic rings. The SMILES string of the molecule is CN=C(NCCOc1cccc(C(C)(C)C)c1)N1CCCC(CC(N)=O)C1.I. The Balaban J connectivity index is 0.00000392. The number of nitrogens with zero attached hydrogens (tertiary/aromatic N) is 2. The van der Waals surface area contributed by atoms with Crippen molar-refractivity contribution in [2.45, 2.75) is 45.4 Å². The van der Waals surface area contributed by atoms with Crippen LogP contribution in [-0.2, 0) is 10.2 Å². The van der Waals surface area contributed by atoms with E-state index in [1.54, 1.807) is 7.05 Å². The monoisotopic (exact) mass is 502 g/mol. The van der Waals surface area contributed by atoms with Crippen LogP contribution in [-0.4, -0.2) is 50.1 Å². The minimum Gasteiger partial charge on any atom is -0.492 e. The van der Waals surface area contributed by atoms with Crippen LogP contribution >= 0.6 is 24.0 Å². The van der Waals surface area contributed by atoms with E-state index in [-0.39, 0.29) is 35.3 Å². The molecule has 1 aliphatic heterocycles. The van der Waals surface area contributed by atoms with Crippen molar-refractivity contribution in [3.05, 3.63) is 29.8 Å². The maximum Gasteiger partial charge on any atom is 0.217 e. The highest BCUT2D eigenvalue weighted by Crippen LogP contribution is 2.25. The molecular weight excluding hydrogens is 467 g/mol. The number of rotatable bonds is 6. The third-order valence-electron chi connectivity index (χ3n) is 4.87. The number of nitrogens with one attached hydrogen (secondary N) is 1. The second-order valence-electron chi connectivity index (χ2n) is 8.22. The van der Waals surface area contributed by atoms with E-state index >= 15 is 0 Å². The number of hydrogen-bond acceptors (Lipinski definition) is 3. The van der Waals surface area contributed by atoms with E-state index in [1.165, 1.54) is 5.56 Å². The fraction of sp³-hybridized carbons (Fsp3) is 0.619. The first-order valence-electron chi connectivity index (χ1n) is 9.77. The van der Waals surface area contributed by atoms with E-state index < -0.39 is 0 Å². The zero-order valence-electron chi connectivity index (χ0n) is 17.5. The van der Waals surface area contributed by atoms with Gasteiger partial charge in [0.1, 0.15) is 12.4 Å². The largest absolute Gasteiger partial charge is 0.492 e. The van der Waals surface area contributed by atoms with Crippen LogP contribution < -0.4 is 15.8 Å². The smallest absolute Gasteiger partial charge is 0.217 e. The van der Waals surface area contributed by atoms with Crippen molar-refractivity contribution in [3.63, 3.8) is 0 Å². The number of guanidine groups is 1. The Morgan fingerprint density at radius 3 is 2.79 bits per heavy atom. The lowest BCUT2D eigenvalue weighted by molar-refractivity contribution is -0.119. The molecule has 0 spiro atoms. The number of ether oxygens (including phenoxy) is 1. The van der Waals surface area contributed by atoms with Crippen LogP contribution in [0, 0.1) is 5.92 Å². The number of amides is 1. The molecular formula is C21H35IN4O2. The second-order valence-corrected chi connectivity index (χ2v) is 8.22. The first-order chi connectivity index (χ1) is 12.8. The topological polar surface area (TPSA) is 80.0 Å². The number of hydrogen-bond donors (Lipinski definition) is 2. The van der Waals surface area contributed by atoms with Gasteiger partial charge in [0.25, 0.3) is 0 Å². The van der Waals surface area contributed by atoms with Gasteiger partial charge in [0.2, 0.25) is 5.91 Å². The van der Waals surface area contributed by atoms with Gasteiger partial charge >= 0.3 is 0 Å². The molecule has 3 N–H and O–H groups in total. The van der Waals surface area contributed by atoms with Gasteiger partial charge in [0, 0.05) is 26.6 Å². The molecule has 1 unspecified atom stereocenters. The molecule has 2 rings (SSSR count). The highest BCUT2D eigenvalue weighted by molar-refractivity contribution is 14.0. The molecule has 0 radical (unpaired) electrons. The third-order valence-corrected chi connectivity index (χ3v) is 4.87. The molecule has 7 heteroatoms. The van der Waals surface area contributed by atoms with Crippen molar-refractivity contribution in [1.82, 2.24) is 10.2 Å². The molecule has 1 aromatic carbocycles. The van der Waals surface area contributed by atoms with Crippen molar-refractivity contribution >= 4 is 35.8 Å². The van der Waals surface area contributed by atoms with Gasteiger partial charge in [-0.3, -0.25) is 9.79 Å². The van der Waals surface area contributed by atoms with Gasteiger partial charge in [-0.25, -0.2) is 0 Å². The maximum atomic E-state index is 11.2. The molecule has 1 aliphatic rings. The first-order valence-corrected chi connectivity index (χ1v) is 9.77. The highest BCUT2D eigenvalue weighted by atomic mass is 127. The summed E-state index contributed by atoms with van der Waals surface area (Å²) in [4.78, 5) is 17.8. The van der Waals surface area contributed by atoms with Crippen molar-refractivity contribution in [2.24, 2.45) is 16.6 Å². The molecule has 28 heavy (non-hydrogen) atoms. The number of benzene rings is 1. The van der Waals surface area contributed by atoms with E-state index in [9.17, 15) is 4.79 Å². The van der Waals surface area contributed by atoms with Gasteiger partial charge in [-0.2, -0.15) is 0 Å². The maximum absolute atomic E-state index is 11.2. The Bertz CT molecular complexity index is 658. The normalized spacial score (nSPS) is 17.6. The number of nitrogens with two attached hydrogens (primary N) is 1. The number of halogens is 1. The van der Waals surface area contributed by atoms with E-state index in [4.69, 9.17) is 10.5 Å². The molecule has 6 nitrogen and oxygen atoms in total. The van der Waals surface area contributed by atoms with Gasteiger partial charge in [0.05, 0.1) is 6.54 Å². The molecule has 1 atom stereocenters. The standard InChI is InChI=1S/C21H34N4O2.HI/c1-21(2,3)17-8-5-9-18(14-17)27-12-10-24-20(23-4)25-11-6-7-16(15-25)13-19(22)26;/h5,8-9,14,16H,6-7,10-13,15H2,1-4H3,(H2,22,26)(H,23,24);1H. The third kappa shape index (κ3) is 7.85. The summed E-state index contributed by atoms with van der Waals surface area (Å²) in [6, 6.07) is 8.26. The summed E-state index contributed by atoms with van der Waals surface area (Å²) in [5.74, 6) is 1.83. The second kappa shape index (κ2) is 11.5. The number of primary amides is 1. The average molecular weight is 502 g/mol. The number of carbonyl (C=O) groups is 1. The summed E-state index contributed by atoms with van der Waals surface area (Å²) in [6.07, 6.45) is 2.54. The zero-order valence-corrected chi connectivity index (χ0v) is 19.9.